The number of rotatable bonds is 5. The maximum atomic E-state index is 5.74. The van der Waals surface area contributed by atoms with Crippen LogP contribution in [0.3, 0.4) is 0 Å². The Morgan fingerprint density at radius 1 is 1.37 bits per heavy atom. The Morgan fingerprint density at radius 3 is 2.79 bits per heavy atom. The maximum Gasteiger partial charge on any atom is 0.122 e. The highest BCUT2D eigenvalue weighted by Crippen LogP contribution is 2.25. The van der Waals surface area contributed by atoms with Gasteiger partial charge >= 0.3 is 0 Å². The molecule has 2 N–H and O–H groups in total. The molecule has 4 nitrogen and oxygen atoms in total. The number of hydrogen-bond acceptors (Lipinski definition) is 3. The van der Waals surface area contributed by atoms with Crippen LogP contribution < -0.4 is 10.5 Å². The molecular weight excluding hydrogens is 238 g/mol. The second-order valence-electron chi connectivity index (χ2n) is 4.93. The van der Waals surface area contributed by atoms with Crippen molar-refractivity contribution in [3.63, 3.8) is 0 Å². The van der Waals surface area contributed by atoms with E-state index in [1.54, 1.807) is 0 Å². The van der Waals surface area contributed by atoms with Gasteiger partial charge in [-0.25, -0.2) is 4.98 Å². The van der Waals surface area contributed by atoms with Crippen molar-refractivity contribution in [2.24, 2.45) is 5.73 Å². The van der Waals surface area contributed by atoms with Gasteiger partial charge in [0.25, 0.3) is 0 Å². The quantitative estimate of drug-likeness (QED) is 0.898. The lowest BCUT2D eigenvalue weighted by atomic mass is 10.1. The second kappa shape index (κ2) is 5.89. The summed E-state index contributed by atoms with van der Waals surface area (Å²) < 4.78 is 7.74. The Bertz CT molecular complexity index is 546. The van der Waals surface area contributed by atoms with E-state index in [4.69, 9.17) is 10.5 Å². The molecule has 0 unspecified atom stereocenters. The van der Waals surface area contributed by atoms with Gasteiger partial charge in [-0.15, -0.1) is 0 Å². The molecule has 2 aromatic rings. The summed E-state index contributed by atoms with van der Waals surface area (Å²) in [5, 5.41) is 0. The lowest BCUT2D eigenvalue weighted by Crippen LogP contribution is -2.07. The fourth-order valence-corrected chi connectivity index (χ4v) is 1.98. The van der Waals surface area contributed by atoms with Crippen molar-refractivity contribution in [2.45, 2.75) is 33.4 Å². The maximum absolute atomic E-state index is 5.74. The summed E-state index contributed by atoms with van der Waals surface area (Å²) in [4.78, 5) is 4.40. The largest absolute Gasteiger partial charge is 0.491 e. The van der Waals surface area contributed by atoms with E-state index in [1.165, 1.54) is 0 Å². The number of nitrogens with zero attached hydrogens (tertiary/aromatic N) is 2. The second-order valence-corrected chi connectivity index (χ2v) is 4.93. The summed E-state index contributed by atoms with van der Waals surface area (Å²) in [6.45, 7) is 7.53. The Balaban J connectivity index is 2.22. The topological polar surface area (TPSA) is 53.1 Å². The lowest BCUT2D eigenvalue weighted by Gasteiger charge is -2.12. The first kappa shape index (κ1) is 13.6. The van der Waals surface area contributed by atoms with E-state index in [0.29, 0.717) is 6.54 Å². The molecule has 102 valence electrons. The highest BCUT2D eigenvalue weighted by Gasteiger charge is 2.07. The Hall–Kier alpha value is -1.81. The minimum absolute atomic E-state index is 0.188. The molecule has 0 fully saturated rings. The van der Waals surface area contributed by atoms with Crippen LogP contribution in [-0.2, 0) is 6.54 Å². The molecule has 0 aliphatic heterocycles. The lowest BCUT2D eigenvalue weighted by molar-refractivity contribution is 0.241. The minimum atomic E-state index is 0.188. The van der Waals surface area contributed by atoms with Crippen molar-refractivity contribution in [3.05, 3.63) is 36.3 Å². The Morgan fingerprint density at radius 2 is 2.16 bits per heavy atom. The van der Waals surface area contributed by atoms with Crippen LogP contribution in [0.15, 0.2) is 30.7 Å². The van der Waals surface area contributed by atoms with Crippen LogP contribution in [0.1, 0.15) is 19.4 Å². The third-order valence-corrected chi connectivity index (χ3v) is 2.85. The van der Waals surface area contributed by atoms with Crippen LogP contribution in [-0.4, -0.2) is 22.2 Å². The van der Waals surface area contributed by atoms with Gasteiger partial charge in [-0.1, -0.05) is 0 Å². The standard InChI is InChI=1S/C15H21N3O/c1-11(2)19-15-5-4-13(8-12(15)3)14-9-18(7-6-16)10-17-14/h4-5,8-11H,6-7,16H2,1-3H3. The van der Waals surface area contributed by atoms with Crippen LogP contribution in [0.4, 0.5) is 0 Å². The van der Waals surface area contributed by atoms with Crippen molar-refractivity contribution in [1.82, 2.24) is 9.55 Å². The number of hydrogen-bond donors (Lipinski definition) is 1. The van der Waals surface area contributed by atoms with Crippen LogP contribution in [0.5, 0.6) is 5.75 Å². The molecule has 1 aromatic heterocycles. The van der Waals surface area contributed by atoms with Crippen molar-refractivity contribution in [1.29, 1.82) is 0 Å². The minimum Gasteiger partial charge on any atom is -0.491 e. The van der Waals surface area contributed by atoms with E-state index in [1.807, 2.05) is 43.1 Å². The van der Waals surface area contributed by atoms with Crippen LogP contribution >= 0.6 is 0 Å². The third kappa shape index (κ3) is 3.35. The summed E-state index contributed by atoms with van der Waals surface area (Å²) in [5.74, 6) is 0.931. The SMILES string of the molecule is Cc1cc(-c2cn(CCN)cn2)ccc1OC(C)C. The first-order chi connectivity index (χ1) is 9.10. The predicted molar refractivity (Wildman–Crippen MR) is 77.2 cm³/mol. The molecule has 1 heterocycles. The number of nitrogens with two attached hydrogens (primary N) is 1. The smallest absolute Gasteiger partial charge is 0.122 e. The summed E-state index contributed by atoms with van der Waals surface area (Å²) in [6.07, 6.45) is 4.02. The van der Waals surface area contributed by atoms with E-state index in [9.17, 15) is 0 Å². The van der Waals surface area contributed by atoms with Gasteiger partial charge in [0.1, 0.15) is 5.75 Å². The third-order valence-electron chi connectivity index (χ3n) is 2.85. The normalized spacial score (nSPS) is 11.0. The average molecular weight is 259 g/mol. The van der Waals surface area contributed by atoms with Crippen molar-refractivity contribution < 1.29 is 4.74 Å². The van der Waals surface area contributed by atoms with E-state index >= 15 is 0 Å². The van der Waals surface area contributed by atoms with Crippen molar-refractivity contribution in [3.8, 4) is 17.0 Å². The highest BCUT2D eigenvalue weighted by atomic mass is 16.5. The molecule has 0 aliphatic carbocycles. The summed E-state index contributed by atoms with van der Waals surface area (Å²) >= 11 is 0. The Labute approximate surface area is 114 Å². The molecule has 0 radical (unpaired) electrons. The zero-order valence-corrected chi connectivity index (χ0v) is 11.8. The fourth-order valence-electron chi connectivity index (χ4n) is 1.98. The molecule has 1 aromatic carbocycles. The highest BCUT2D eigenvalue weighted by molar-refractivity contribution is 5.61. The van der Waals surface area contributed by atoms with E-state index in [0.717, 1.165) is 29.1 Å². The van der Waals surface area contributed by atoms with Gasteiger partial charge in [-0.3, -0.25) is 0 Å². The van der Waals surface area contributed by atoms with E-state index in [-0.39, 0.29) is 6.10 Å². The molecule has 0 bridgehead atoms. The fraction of sp³-hybridized carbons (Fsp3) is 0.400. The first-order valence-electron chi connectivity index (χ1n) is 6.59. The van der Waals surface area contributed by atoms with E-state index in [2.05, 4.69) is 18.0 Å². The number of imidazole rings is 1. The first-order valence-corrected chi connectivity index (χ1v) is 6.59. The molecule has 19 heavy (non-hydrogen) atoms. The van der Waals surface area contributed by atoms with Crippen LogP contribution in [0, 0.1) is 6.92 Å². The van der Waals surface area contributed by atoms with Crippen LogP contribution in [0.2, 0.25) is 0 Å². The number of benzene rings is 1. The zero-order valence-electron chi connectivity index (χ0n) is 11.8. The van der Waals surface area contributed by atoms with Gasteiger partial charge < -0.3 is 15.0 Å². The van der Waals surface area contributed by atoms with Gasteiger partial charge in [-0.05, 0) is 44.5 Å². The molecule has 4 heteroatoms. The molecule has 0 aliphatic rings. The summed E-state index contributed by atoms with van der Waals surface area (Å²) in [6, 6.07) is 6.15. The number of aryl methyl sites for hydroxylation is 1. The van der Waals surface area contributed by atoms with Gasteiger partial charge in [0.2, 0.25) is 0 Å². The molecule has 2 rings (SSSR count). The average Bonchev–Trinajstić information content (AvgIpc) is 2.80. The van der Waals surface area contributed by atoms with Crippen molar-refractivity contribution in [2.75, 3.05) is 6.54 Å². The summed E-state index contributed by atoms with van der Waals surface area (Å²) in [7, 11) is 0. The number of ether oxygens (including phenoxy) is 1. The molecule has 0 saturated carbocycles. The van der Waals surface area contributed by atoms with Gasteiger partial charge in [0.15, 0.2) is 0 Å². The van der Waals surface area contributed by atoms with E-state index < -0.39 is 0 Å². The Kier molecular flexibility index (Phi) is 4.22. The number of aromatic nitrogens is 2. The molecule has 0 saturated heterocycles. The van der Waals surface area contributed by atoms with Crippen molar-refractivity contribution >= 4 is 0 Å². The monoisotopic (exact) mass is 259 g/mol. The molecule has 0 atom stereocenters. The molecule has 0 amide bonds. The van der Waals surface area contributed by atoms with Crippen LogP contribution in [0.25, 0.3) is 11.3 Å². The molecule has 0 spiro atoms. The van der Waals surface area contributed by atoms with Gasteiger partial charge in [0.05, 0.1) is 18.1 Å². The predicted octanol–water partition coefficient (Wildman–Crippen LogP) is 2.60. The summed E-state index contributed by atoms with van der Waals surface area (Å²) in [5.41, 5.74) is 8.72. The molecular formula is C15H21N3O. The zero-order chi connectivity index (χ0) is 13.8. The van der Waals surface area contributed by atoms with Gasteiger partial charge in [-0.2, -0.15) is 0 Å². The van der Waals surface area contributed by atoms with Gasteiger partial charge in [0, 0.05) is 24.8 Å².